The largest absolute Gasteiger partial charge is 0.504 e. The molecule has 3 nitrogen and oxygen atoms in total. The fourth-order valence-electron chi connectivity index (χ4n) is 1.42. The number of halogens is 3. The number of phenolic OH excluding ortho intramolecular Hbond substituents is 1. The summed E-state index contributed by atoms with van der Waals surface area (Å²) in [5.74, 6) is -2.40. The Kier molecular flexibility index (Phi) is 3.64. The third-order valence-electron chi connectivity index (χ3n) is 2.26. The van der Waals surface area contributed by atoms with Gasteiger partial charge in [-0.25, -0.2) is 0 Å². The molecule has 1 atom stereocenters. The normalized spacial score (nSPS) is 13.6. The number of para-hydroxylation sites is 1. The zero-order chi connectivity index (χ0) is 12.3. The molecule has 0 aliphatic carbocycles. The van der Waals surface area contributed by atoms with Crippen LogP contribution in [0.3, 0.4) is 0 Å². The molecule has 0 bridgehead atoms. The highest BCUT2D eigenvalue weighted by Crippen LogP contribution is 2.41. The minimum absolute atomic E-state index is 0.000185. The van der Waals surface area contributed by atoms with Gasteiger partial charge in [0.1, 0.15) is 0 Å². The Bertz CT molecular complexity index is 366. The molecule has 0 aliphatic heterocycles. The van der Waals surface area contributed by atoms with Gasteiger partial charge in [-0.15, -0.1) is 0 Å². The molecular weight excluding hydrogens is 223 g/mol. The standard InChI is InChI=1S/C10H12F3NO2/c1-16-8-4-2-3-6(9(8)15)7(5-14)10(11,12)13/h2-4,7,15H,5,14H2,1H3. The second-order valence-electron chi connectivity index (χ2n) is 3.23. The Hall–Kier alpha value is -1.43. The summed E-state index contributed by atoms with van der Waals surface area (Å²) in [5, 5.41) is 9.57. The van der Waals surface area contributed by atoms with E-state index < -0.39 is 24.4 Å². The fraction of sp³-hybridized carbons (Fsp3) is 0.400. The maximum absolute atomic E-state index is 12.6. The molecule has 0 radical (unpaired) electrons. The summed E-state index contributed by atoms with van der Waals surface area (Å²) in [4.78, 5) is 0. The zero-order valence-corrected chi connectivity index (χ0v) is 8.58. The molecule has 1 aromatic rings. The van der Waals surface area contributed by atoms with Crippen LogP contribution in [0.4, 0.5) is 13.2 Å². The van der Waals surface area contributed by atoms with Crippen molar-refractivity contribution < 1.29 is 23.0 Å². The Balaban J connectivity index is 3.21. The Morgan fingerprint density at radius 2 is 2.06 bits per heavy atom. The lowest BCUT2D eigenvalue weighted by Crippen LogP contribution is -2.28. The van der Waals surface area contributed by atoms with Crippen molar-refractivity contribution in [1.29, 1.82) is 0 Å². The predicted octanol–water partition coefficient (Wildman–Crippen LogP) is 2.01. The first-order chi connectivity index (χ1) is 7.41. The second-order valence-corrected chi connectivity index (χ2v) is 3.23. The number of rotatable bonds is 3. The quantitative estimate of drug-likeness (QED) is 0.842. The van der Waals surface area contributed by atoms with E-state index in [1.807, 2.05) is 0 Å². The first-order valence-electron chi connectivity index (χ1n) is 4.54. The Labute approximate surface area is 90.6 Å². The number of nitrogens with two attached hydrogens (primary N) is 1. The molecule has 0 saturated carbocycles. The van der Waals surface area contributed by atoms with Gasteiger partial charge in [-0.2, -0.15) is 13.2 Å². The van der Waals surface area contributed by atoms with Crippen molar-refractivity contribution in [2.24, 2.45) is 5.73 Å². The van der Waals surface area contributed by atoms with E-state index in [-0.39, 0.29) is 11.3 Å². The van der Waals surface area contributed by atoms with Gasteiger partial charge in [0.05, 0.1) is 13.0 Å². The molecule has 0 aromatic heterocycles. The molecule has 0 spiro atoms. The molecule has 0 amide bonds. The van der Waals surface area contributed by atoms with Gasteiger partial charge < -0.3 is 15.6 Å². The van der Waals surface area contributed by atoms with E-state index in [2.05, 4.69) is 0 Å². The van der Waals surface area contributed by atoms with E-state index in [9.17, 15) is 18.3 Å². The summed E-state index contributed by atoms with van der Waals surface area (Å²) in [6.45, 7) is -0.621. The number of methoxy groups -OCH3 is 1. The smallest absolute Gasteiger partial charge is 0.397 e. The lowest BCUT2D eigenvalue weighted by atomic mass is 9.97. The highest BCUT2D eigenvalue weighted by atomic mass is 19.4. The van der Waals surface area contributed by atoms with Crippen LogP contribution in [-0.2, 0) is 0 Å². The molecule has 0 aliphatic rings. The molecule has 90 valence electrons. The van der Waals surface area contributed by atoms with Crippen molar-refractivity contribution in [1.82, 2.24) is 0 Å². The molecule has 16 heavy (non-hydrogen) atoms. The van der Waals surface area contributed by atoms with Crippen LogP contribution in [0.15, 0.2) is 18.2 Å². The molecule has 0 fully saturated rings. The van der Waals surface area contributed by atoms with Crippen LogP contribution < -0.4 is 10.5 Å². The third kappa shape index (κ3) is 2.38. The van der Waals surface area contributed by atoms with Gasteiger partial charge in [0, 0.05) is 12.1 Å². The van der Waals surface area contributed by atoms with Gasteiger partial charge in [-0.1, -0.05) is 12.1 Å². The lowest BCUT2D eigenvalue weighted by Gasteiger charge is -2.20. The van der Waals surface area contributed by atoms with Crippen LogP contribution in [0, 0.1) is 0 Å². The summed E-state index contributed by atoms with van der Waals surface area (Å²) < 4.78 is 42.5. The number of hydrogen-bond donors (Lipinski definition) is 2. The van der Waals surface area contributed by atoms with Gasteiger partial charge in [-0.05, 0) is 6.07 Å². The van der Waals surface area contributed by atoms with Crippen LogP contribution in [0.1, 0.15) is 11.5 Å². The maximum atomic E-state index is 12.6. The van der Waals surface area contributed by atoms with E-state index in [4.69, 9.17) is 10.5 Å². The topological polar surface area (TPSA) is 55.5 Å². The van der Waals surface area contributed by atoms with Gasteiger partial charge >= 0.3 is 6.18 Å². The number of aromatic hydroxyl groups is 1. The number of benzene rings is 1. The van der Waals surface area contributed by atoms with Crippen molar-refractivity contribution in [3.63, 3.8) is 0 Å². The minimum Gasteiger partial charge on any atom is -0.504 e. The molecular formula is C10H12F3NO2. The summed E-state index contributed by atoms with van der Waals surface area (Å²) in [6.07, 6.45) is -4.49. The van der Waals surface area contributed by atoms with Gasteiger partial charge in [-0.3, -0.25) is 0 Å². The minimum atomic E-state index is -4.49. The van der Waals surface area contributed by atoms with Crippen LogP contribution in [-0.4, -0.2) is 24.9 Å². The SMILES string of the molecule is COc1cccc(C(CN)C(F)(F)F)c1O. The molecule has 1 rings (SSSR count). The summed E-state index contributed by atoms with van der Waals surface area (Å²) in [7, 11) is 1.27. The molecule has 1 aromatic carbocycles. The van der Waals surface area contributed by atoms with E-state index >= 15 is 0 Å². The van der Waals surface area contributed by atoms with Crippen LogP contribution in [0.5, 0.6) is 11.5 Å². The number of hydrogen-bond acceptors (Lipinski definition) is 3. The number of phenols is 1. The van der Waals surface area contributed by atoms with Crippen molar-refractivity contribution >= 4 is 0 Å². The van der Waals surface area contributed by atoms with E-state index in [0.717, 1.165) is 0 Å². The second kappa shape index (κ2) is 4.61. The first-order valence-corrected chi connectivity index (χ1v) is 4.54. The van der Waals surface area contributed by atoms with Gasteiger partial charge in [0.15, 0.2) is 11.5 Å². The maximum Gasteiger partial charge on any atom is 0.397 e. The zero-order valence-electron chi connectivity index (χ0n) is 8.58. The average Bonchev–Trinajstić information content (AvgIpc) is 2.19. The average molecular weight is 235 g/mol. The van der Waals surface area contributed by atoms with Gasteiger partial charge in [0.2, 0.25) is 0 Å². The van der Waals surface area contributed by atoms with E-state index in [1.165, 1.54) is 25.3 Å². The van der Waals surface area contributed by atoms with E-state index in [0.29, 0.717) is 0 Å². The van der Waals surface area contributed by atoms with Crippen molar-refractivity contribution in [3.05, 3.63) is 23.8 Å². The molecule has 3 N–H and O–H groups in total. The molecule has 6 heteroatoms. The predicted molar refractivity (Wildman–Crippen MR) is 52.5 cm³/mol. The molecule has 1 unspecified atom stereocenters. The third-order valence-corrected chi connectivity index (χ3v) is 2.26. The van der Waals surface area contributed by atoms with Crippen LogP contribution in [0.25, 0.3) is 0 Å². The monoisotopic (exact) mass is 235 g/mol. The van der Waals surface area contributed by atoms with Crippen LogP contribution in [0.2, 0.25) is 0 Å². The Morgan fingerprint density at radius 1 is 1.44 bits per heavy atom. The fourth-order valence-corrected chi connectivity index (χ4v) is 1.42. The molecule has 0 heterocycles. The number of ether oxygens (including phenoxy) is 1. The van der Waals surface area contributed by atoms with E-state index in [1.54, 1.807) is 0 Å². The van der Waals surface area contributed by atoms with Crippen molar-refractivity contribution in [3.8, 4) is 11.5 Å². The van der Waals surface area contributed by atoms with Crippen molar-refractivity contribution in [2.45, 2.75) is 12.1 Å². The van der Waals surface area contributed by atoms with Gasteiger partial charge in [0.25, 0.3) is 0 Å². The molecule has 0 saturated heterocycles. The summed E-state index contributed by atoms with van der Waals surface area (Å²) >= 11 is 0. The van der Waals surface area contributed by atoms with Crippen molar-refractivity contribution in [2.75, 3.05) is 13.7 Å². The summed E-state index contributed by atoms with van der Waals surface area (Å²) in [6, 6.07) is 3.94. The Morgan fingerprint density at radius 3 is 2.50 bits per heavy atom. The first kappa shape index (κ1) is 12.6. The lowest BCUT2D eigenvalue weighted by molar-refractivity contribution is -0.148. The highest BCUT2D eigenvalue weighted by molar-refractivity contribution is 5.47. The number of alkyl halides is 3. The highest BCUT2D eigenvalue weighted by Gasteiger charge is 2.41. The van der Waals surface area contributed by atoms with Crippen LogP contribution >= 0.6 is 0 Å². The summed E-state index contributed by atoms with van der Waals surface area (Å²) in [5.41, 5.74) is 4.81.